The largest absolute Gasteiger partial charge is 0.285 e. The smallest absolute Gasteiger partial charge is 0.0874 e. The highest BCUT2D eigenvalue weighted by molar-refractivity contribution is 5.34. The van der Waals surface area contributed by atoms with E-state index in [1.807, 2.05) is 38.4 Å². The highest BCUT2D eigenvalue weighted by Crippen LogP contribution is 2.09. The van der Waals surface area contributed by atoms with Gasteiger partial charge in [0.25, 0.3) is 0 Å². The molecule has 0 spiro atoms. The van der Waals surface area contributed by atoms with Gasteiger partial charge in [0.15, 0.2) is 0 Å². The molecule has 0 aliphatic heterocycles. The maximum Gasteiger partial charge on any atom is 0.0874 e. The fourth-order valence-electron chi connectivity index (χ4n) is 0.586. The Morgan fingerprint density at radius 2 is 1.91 bits per heavy atom. The van der Waals surface area contributed by atoms with E-state index in [2.05, 4.69) is 16.4 Å². The molecule has 0 N–H and O–H groups in total. The highest BCUT2D eigenvalue weighted by atomic mass is 15.5. The topological polar surface area (TPSA) is 28.0 Å². The molecule has 3 nitrogen and oxygen atoms in total. The molecular weight excluding hydrogens is 138 g/mol. The van der Waals surface area contributed by atoms with Crippen molar-refractivity contribution >= 4 is 5.69 Å². The van der Waals surface area contributed by atoms with Crippen LogP contribution < -0.4 is 0 Å². The molecule has 0 aromatic heterocycles. The monoisotopic (exact) mass is 148 g/mol. The third-order valence-electron chi connectivity index (χ3n) is 1.04. The average molecular weight is 148 g/mol. The lowest BCUT2D eigenvalue weighted by atomic mass is 10.3. The van der Waals surface area contributed by atoms with E-state index in [0.29, 0.717) is 0 Å². The van der Waals surface area contributed by atoms with Gasteiger partial charge < -0.3 is 0 Å². The summed E-state index contributed by atoms with van der Waals surface area (Å²) >= 11 is 0. The van der Waals surface area contributed by atoms with Crippen molar-refractivity contribution in [3.63, 3.8) is 0 Å². The predicted octanol–water partition coefficient (Wildman–Crippen LogP) is 2.05. The van der Waals surface area contributed by atoms with Gasteiger partial charge in [-0.05, 0) is 18.2 Å². The van der Waals surface area contributed by atoms with Gasteiger partial charge in [-0.15, -0.1) is 5.11 Å². The van der Waals surface area contributed by atoms with Crippen molar-refractivity contribution in [2.75, 3.05) is 14.1 Å². The molecular formula is C8H10N3. The van der Waals surface area contributed by atoms with Crippen LogP contribution in [-0.4, -0.2) is 19.1 Å². The molecule has 3 heteroatoms. The van der Waals surface area contributed by atoms with Gasteiger partial charge in [0.2, 0.25) is 0 Å². The Kier molecular flexibility index (Phi) is 2.60. The van der Waals surface area contributed by atoms with Crippen LogP contribution in [0.3, 0.4) is 0 Å². The van der Waals surface area contributed by atoms with Crippen LogP contribution in [0, 0.1) is 6.07 Å². The van der Waals surface area contributed by atoms with Crippen molar-refractivity contribution in [2.24, 2.45) is 10.3 Å². The van der Waals surface area contributed by atoms with Gasteiger partial charge in [0.1, 0.15) is 0 Å². The highest BCUT2D eigenvalue weighted by Gasteiger charge is 1.84. The summed E-state index contributed by atoms with van der Waals surface area (Å²) in [6, 6.07) is 10.2. The zero-order valence-electron chi connectivity index (χ0n) is 6.65. The third kappa shape index (κ3) is 2.80. The standard InChI is InChI=1S/C8H10N3/c1-11(2)10-9-8-6-4-3-5-7-8/h4-7H,1-2H3. The Morgan fingerprint density at radius 3 is 2.45 bits per heavy atom. The molecule has 1 aromatic rings. The first-order valence-corrected chi connectivity index (χ1v) is 3.34. The van der Waals surface area contributed by atoms with Gasteiger partial charge in [-0.2, -0.15) is 0 Å². The molecule has 57 valence electrons. The lowest BCUT2D eigenvalue weighted by Gasteiger charge is -1.99. The summed E-state index contributed by atoms with van der Waals surface area (Å²) in [6.45, 7) is 0. The molecule has 0 saturated carbocycles. The second-order valence-corrected chi connectivity index (χ2v) is 2.29. The van der Waals surface area contributed by atoms with Crippen LogP contribution in [0.15, 0.2) is 34.6 Å². The molecule has 0 fully saturated rings. The minimum atomic E-state index is 0.845. The summed E-state index contributed by atoms with van der Waals surface area (Å²) in [5, 5.41) is 9.43. The van der Waals surface area contributed by atoms with Crippen LogP contribution in [0.25, 0.3) is 0 Å². The normalized spacial score (nSPS) is 10.4. The first-order valence-electron chi connectivity index (χ1n) is 3.34. The number of hydrogen-bond acceptors (Lipinski definition) is 2. The fraction of sp³-hybridized carbons (Fsp3) is 0.250. The maximum atomic E-state index is 3.94. The summed E-state index contributed by atoms with van der Waals surface area (Å²) in [5.74, 6) is 0. The molecule has 1 rings (SSSR count). The Labute approximate surface area is 66.3 Å². The lowest BCUT2D eigenvalue weighted by Crippen LogP contribution is -1.98. The Bertz CT molecular complexity index is 228. The fourth-order valence-corrected chi connectivity index (χ4v) is 0.586. The summed E-state index contributed by atoms with van der Waals surface area (Å²) < 4.78 is 0. The average Bonchev–Trinajstić information content (AvgIpc) is 2.03. The summed E-state index contributed by atoms with van der Waals surface area (Å²) in [6.07, 6.45) is 0. The van der Waals surface area contributed by atoms with Crippen LogP contribution in [0.5, 0.6) is 0 Å². The van der Waals surface area contributed by atoms with E-state index < -0.39 is 0 Å². The van der Waals surface area contributed by atoms with Crippen LogP contribution in [0.4, 0.5) is 5.69 Å². The van der Waals surface area contributed by atoms with E-state index in [9.17, 15) is 0 Å². The molecule has 1 radical (unpaired) electrons. The molecule has 0 aliphatic rings. The molecule has 11 heavy (non-hydrogen) atoms. The van der Waals surface area contributed by atoms with Crippen LogP contribution in [-0.2, 0) is 0 Å². The van der Waals surface area contributed by atoms with E-state index >= 15 is 0 Å². The maximum absolute atomic E-state index is 3.94. The summed E-state index contributed by atoms with van der Waals surface area (Å²) in [4.78, 5) is 0. The summed E-state index contributed by atoms with van der Waals surface area (Å²) in [5.41, 5.74) is 0.845. The van der Waals surface area contributed by atoms with E-state index in [-0.39, 0.29) is 0 Å². The van der Waals surface area contributed by atoms with Crippen LogP contribution in [0.1, 0.15) is 0 Å². The van der Waals surface area contributed by atoms with Crippen molar-refractivity contribution in [3.8, 4) is 0 Å². The molecule has 1 aromatic carbocycles. The van der Waals surface area contributed by atoms with E-state index in [4.69, 9.17) is 0 Å². The third-order valence-corrected chi connectivity index (χ3v) is 1.04. The van der Waals surface area contributed by atoms with E-state index in [1.54, 1.807) is 5.01 Å². The van der Waals surface area contributed by atoms with Crippen molar-refractivity contribution in [1.29, 1.82) is 0 Å². The van der Waals surface area contributed by atoms with E-state index in [0.717, 1.165) is 5.69 Å². The molecule has 0 saturated heterocycles. The van der Waals surface area contributed by atoms with Crippen molar-refractivity contribution < 1.29 is 0 Å². The molecule has 0 heterocycles. The Balaban J connectivity index is 2.65. The zero-order valence-corrected chi connectivity index (χ0v) is 6.65. The lowest BCUT2D eigenvalue weighted by molar-refractivity contribution is 0.408. The molecule has 0 unspecified atom stereocenters. The summed E-state index contributed by atoms with van der Waals surface area (Å²) in [7, 11) is 3.66. The second kappa shape index (κ2) is 3.71. The minimum absolute atomic E-state index is 0.845. The van der Waals surface area contributed by atoms with Gasteiger partial charge >= 0.3 is 0 Å². The number of hydrogen-bond donors (Lipinski definition) is 0. The van der Waals surface area contributed by atoms with Gasteiger partial charge in [0.05, 0.1) is 5.69 Å². The Morgan fingerprint density at radius 1 is 1.27 bits per heavy atom. The quantitative estimate of drug-likeness (QED) is 0.466. The molecule has 0 atom stereocenters. The Hall–Kier alpha value is -1.38. The van der Waals surface area contributed by atoms with Crippen LogP contribution in [0.2, 0.25) is 0 Å². The second-order valence-electron chi connectivity index (χ2n) is 2.29. The number of benzene rings is 1. The predicted molar refractivity (Wildman–Crippen MR) is 43.5 cm³/mol. The first kappa shape index (κ1) is 7.72. The van der Waals surface area contributed by atoms with E-state index in [1.165, 1.54) is 0 Å². The molecule has 0 bridgehead atoms. The van der Waals surface area contributed by atoms with Gasteiger partial charge in [0, 0.05) is 14.1 Å². The van der Waals surface area contributed by atoms with Gasteiger partial charge in [-0.3, -0.25) is 5.01 Å². The van der Waals surface area contributed by atoms with Crippen LogP contribution >= 0.6 is 0 Å². The van der Waals surface area contributed by atoms with Crippen molar-refractivity contribution in [3.05, 3.63) is 30.3 Å². The number of rotatable bonds is 2. The number of nitrogens with zero attached hydrogens (tertiary/aromatic N) is 3. The molecule has 0 amide bonds. The van der Waals surface area contributed by atoms with Crippen molar-refractivity contribution in [2.45, 2.75) is 0 Å². The minimum Gasteiger partial charge on any atom is -0.285 e. The SMILES string of the molecule is CN(C)N=Nc1cc[c]cc1. The molecule has 0 aliphatic carbocycles. The van der Waals surface area contributed by atoms with Crippen molar-refractivity contribution in [1.82, 2.24) is 5.01 Å². The zero-order chi connectivity index (χ0) is 8.10. The van der Waals surface area contributed by atoms with Gasteiger partial charge in [-0.1, -0.05) is 17.4 Å². The van der Waals surface area contributed by atoms with Gasteiger partial charge in [-0.25, -0.2) is 0 Å². The first-order chi connectivity index (χ1) is 5.29.